The van der Waals surface area contributed by atoms with Crippen LogP contribution in [0.2, 0.25) is 0 Å². The fourth-order valence-corrected chi connectivity index (χ4v) is 3.08. The molecule has 0 bridgehead atoms. The molecule has 18 heavy (non-hydrogen) atoms. The van der Waals surface area contributed by atoms with Crippen LogP contribution < -0.4 is 0 Å². The monoisotopic (exact) mass is 246 g/mol. The van der Waals surface area contributed by atoms with Crippen molar-refractivity contribution in [1.82, 2.24) is 9.47 Å². The summed E-state index contributed by atoms with van der Waals surface area (Å²) in [6.07, 6.45) is 4.52. The fourth-order valence-electron chi connectivity index (χ4n) is 3.08. The van der Waals surface area contributed by atoms with E-state index >= 15 is 0 Å². The Kier molecular flexibility index (Phi) is 2.67. The van der Waals surface area contributed by atoms with Crippen LogP contribution in [0.4, 0.5) is 4.39 Å². The summed E-state index contributed by atoms with van der Waals surface area (Å²) < 4.78 is 16.0. The number of fused-ring (bicyclic) bond motifs is 1. The summed E-state index contributed by atoms with van der Waals surface area (Å²) in [5.74, 6) is -0.108. The molecule has 0 N–H and O–H groups in total. The number of hydrogen-bond acceptors (Lipinski definition) is 1. The predicted octanol–water partition coefficient (Wildman–Crippen LogP) is 3.35. The van der Waals surface area contributed by atoms with Gasteiger partial charge in [-0.2, -0.15) is 0 Å². The Morgan fingerprint density at radius 3 is 2.61 bits per heavy atom. The van der Waals surface area contributed by atoms with E-state index in [2.05, 4.69) is 35.8 Å². The van der Waals surface area contributed by atoms with Crippen LogP contribution in [0.25, 0.3) is 10.9 Å². The molecule has 2 aromatic rings. The number of likely N-dealkylation sites (N-methyl/N-ethyl adjacent to an activating group) is 1. The molecule has 1 aromatic heterocycles. The standard InChI is InChI=1S/C15H19FN2/c1-10-12(16)5-4-11-8-9-18(15(10)11)14-7-6-13(14)17(2)3/h4-5,8-9,13-14H,6-7H2,1-3H3. The normalized spacial score (nSPS) is 23.6. The SMILES string of the molecule is Cc1c(F)ccc2ccn(C3CCC3N(C)C)c12. The molecular weight excluding hydrogens is 227 g/mol. The molecule has 0 aliphatic heterocycles. The molecule has 0 spiro atoms. The molecule has 2 unspecified atom stereocenters. The van der Waals surface area contributed by atoms with Gasteiger partial charge in [-0.15, -0.1) is 0 Å². The highest BCUT2D eigenvalue weighted by Crippen LogP contribution is 2.38. The second kappa shape index (κ2) is 4.09. The van der Waals surface area contributed by atoms with Crippen LogP contribution in [0.1, 0.15) is 24.4 Å². The number of rotatable bonds is 2. The van der Waals surface area contributed by atoms with Gasteiger partial charge in [-0.25, -0.2) is 4.39 Å². The van der Waals surface area contributed by atoms with Crippen molar-refractivity contribution in [2.75, 3.05) is 14.1 Å². The molecule has 1 aromatic carbocycles. The molecule has 1 heterocycles. The van der Waals surface area contributed by atoms with Crippen LogP contribution >= 0.6 is 0 Å². The van der Waals surface area contributed by atoms with Crippen LogP contribution in [-0.4, -0.2) is 29.6 Å². The molecule has 0 saturated heterocycles. The van der Waals surface area contributed by atoms with Gasteiger partial charge < -0.3 is 9.47 Å². The van der Waals surface area contributed by atoms with Gasteiger partial charge in [-0.05, 0) is 52.1 Å². The second-order valence-corrected chi connectivity index (χ2v) is 5.51. The number of benzene rings is 1. The zero-order valence-electron chi connectivity index (χ0n) is 11.2. The lowest BCUT2D eigenvalue weighted by atomic mass is 9.85. The summed E-state index contributed by atoms with van der Waals surface area (Å²) >= 11 is 0. The number of aryl methyl sites for hydroxylation is 1. The van der Waals surface area contributed by atoms with E-state index in [9.17, 15) is 4.39 Å². The maximum absolute atomic E-state index is 13.7. The quantitative estimate of drug-likeness (QED) is 0.789. The highest BCUT2D eigenvalue weighted by molar-refractivity contribution is 5.83. The highest BCUT2D eigenvalue weighted by Gasteiger charge is 2.34. The van der Waals surface area contributed by atoms with Crippen molar-refractivity contribution in [1.29, 1.82) is 0 Å². The van der Waals surface area contributed by atoms with E-state index in [4.69, 9.17) is 0 Å². The molecule has 2 nitrogen and oxygen atoms in total. The van der Waals surface area contributed by atoms with Crippen LogP contribution in [0, 0.1) is 12.7 Å². The molecule has 2 atom stereocenters. The van der Waals surface area contributed by atoms with E-state index in [0.717, 1.165) is 16.5 Å². The maximum Gasteiger partial charge on any atom is 0.128 e. The minimum Gasteiger partial charge on any atom is -0.343 e. The lowest BCUT2D eigenvalue weighted by molar-refractivity contribution is 0.116. The van der Waals surface area contributed by atoms with Gasteiger partial charge in [0.15, 0.2) is 0 Å². The van der Waals surface area contributed by atoms with Crippen LogP contribution in [-0.2, 0) is 0 Å². The maximum atomic E-state index is 13.7. The van der Waals surface area contributed by atoms with Crippen LogP contribution in [0.3, 0.4) is 0 Å². The third-order valence-corrected chi connectivity index (χ3v) is 4.29. The summed E-state index contributed by atoms with van der Waals surface area (Å²) in [4.78, 5) is 2.27. The van der Waals surface area contributed by atoms with Gasteiger partial charge in [0, 0.05) is 29.2 Å². The van der Waals surface area contributed by atoms with E-state index in [-0.39, 0.29) is 5.82 Å². The topological polar surface area (TPSA) is 8.17 Å². The molecule has 96 valence electrons. The molecule has 1 fully saturated rings. The second-order valence-electron chi connectivity index (χ2n) is 5.51. The van der Waals surface area contributed by atoms with Gasteiger partial charge in [0.25, 0.3) is 0 Å². The first-order chi connectivity index (χ1) is 8.59. The number of hydrogen-bond donors (Lipinski definition) is 0. The summed E-state index contributed by atoms with van der Waals surface area (Å²) in [5.41, 5.74) is 1.83. The van der Waals surface area contributed by atoms with Gasteiger partial charge in [-0.3, -0.25) is 0 Å². The number of aromatic nitrogens is 1. The van der Waals surface area contributed by atoms with Gasteiger partial charge in [0.2, 0.25) is 0 Å². The van der Waals surface area contributed by atoms with Crippen molar-refractivity contribution >= 4 is 10.9 Å². The third kappa shape index (κ3) is 1.57. The van der Waals surface area contributed by atoms with Gasteiger partial charge in [0.1, 0.15) is 5.82 Å². The summed E-state index contributed by atoms with van der Waals surface area (Å²) in [6, 6.07) is 6.58. The lowest BCUT2D eigenvalue weighted by Crippen LogP contribution is -2.44. The van der Waals surface area contributed by atoms with Crippen LogP contribution in [0.15, 0.2) is 24.4 Å². The Morgan fingerprint density at radius 1 is 1.22 bits per heavy atom. The Bertz CT molecular complexity index is 585. The summed E-state index contributed by atoms with van der Waals surface area (Å²) in [5, 5.41) is 1.14. The smallest absolute Gasteiger partial charge is 0.128 e. The number of halogens is 1. The van der Waals surface area contributed by atoms with Crippen molar-refractivity contribution < 1.29 is 4.39 Å². The Balaban J connectivity index is 2.10. The van der Waals surface area contributed by atoms with Crippen molar-refractivity contribution in [2.45, 2.75) is 31.8 Å². The average Bonchev–Trinajstić information content (AvgIpc) is 2.66. The van der Waals surface area contributed by atoms with Gasteiger partial charge >= 0.3 is 0 Å². The molecular formula is C15H19FN2. The third-order valence-electron chi connectivity index (χ3n) is 4.29. The van der Waals surface area contributed by atoms with Crippen molar-refractivity contribution in [3.8, 4) is 0 Å². The first-order valence-corrected chi connectivity index (χ1v) is 6.51. The summed E-state index contributed by atoms with van der Waals surface area (Å²) in [6.45, 7) is 1.87. The van der Waals surface area contributed by atoms with E-state index in [1.54, 1.807) is 6.07 Å². The zero-order valence-corrected chi connectivity index (χ0v) is 11.2. The molecule has 0 amide bonds. The predicted molar refractivity (Wildman–Crippen MR) is 72.4 cm³/mol. The molecule has 1 aliphatic rings. The minimum atomic E-state index is -0.108. The van der Waals surface area contributed by atoms with E-state index in [0.29, 0.717) is 12.1 Å². The molecule has 1 saturated carbocycles. The Labute approximate surface area is 107 Å². The van der Waals surface area contributed by atoms with Crippen LogP contribution in [0.5, 0.6) is 0 Å². The number of nitrogens with zero attached hydrogens (tertiary/aromatic N) is 2. The largest absolute Gasteiger partial charge is 0.343 e. The first kappa shape index (κ1) is 11.7. The average molecular weight is 246 g/mol. The van der Waals surface area contributed by atoms with E-state index in [1.807, 2.05) is 13.0 Å². The highest BCUT2D eigenvalue weighted by atomic mass is 19.1. The van der Waals surface area contributed by atoms with Crippen molar-refractivity contribution in [3.05, 3.63) is 35.8 Å². The first-order valence-electron chi connectivity index (χ1n) is 6.51. The molecule has 3 heteroatoms. The summed E-state index contributed by atoms with van der Waals surface area (Å²) in [7, 11) is 4.24. The molecule has 0 radical (unpaired) electrons. The zero-order chi connectivity index (χ0) is 12.9. The fraction of sp³-hybridized carbons (Fsp3) is 0.467. The van der Waals surface area contributed by atoms with E-state index < -0.39 is 0 Å². The van der Waals surface area contributed by atoms with Crippen molar-refractivity contribution in [2.24, 2.45) is 0 Å². The van der Waals surface area contributed by atoms with Crippen molar-refractivity contribution in [3.63, 3.8) is 0 Å². The van der Waals surface area contributed by atoms with E-state index in [1.165, 1.54) is 12.8 Å². The minimum absolute atomic E-state index is 0.108. The molecule has 3 rings (SSSR count). The van der Waals surface area contributed by atoms with Gasteiger partial charge in [0.05, 0.1) is 5.52 Å². The molecule has 1 aliphatic carbocycles. The Morgan fingerprint density at radius 2 is 2.00 bits per heavy atom. The van der Waals surface area contributed by atoms with Gasteiger partial charge in [-0.1, -0.05) is 0 Å². The lowest BCUT2D eigenvalue weighted by Gasteiger charge is -2.42. The Hall–Kier alpha value is -1.35.